The molecule has 0 saturated carbocycles. The normalized spacial score (nSPS) is 11.5. The topological polar surface area (TPSA) is 0 Å². The van der Waals surface area contributed by atoms with Gasteiger partial charge in [-0.3, -0.25) is 0 Å². The Labute approximate surface area is 935 Å². The van der Waals surface area contributed by atoms with E-state index in [1.54, 1.807) is 0 Å². The number of rotatable bonds is 6. The molecular formula is C126H96Y6-12. The standard InChI is InChI=1S/6C21H16.6Y/c1-14-3-6-16(7-4-14)17-8-9-18-12-19-11-15(2)5-10-20(19)21(18)13-17;1-14-5-3-6-16(11-14)18-7-4-8-20-19-10-9-15(2)12-17(19)13-21(18)20;1-14-6-9-16(10-7-14)18-4-3-5-20-19-11-8-15(2)12-17(19)13-21(18)20;1-14-4-3-5-16(10-14)17-7-8-18-12-19-11-15(2)6-9-20(19)21(18)13-17;1-14-4-3-5-16(10-14)17-8-9-19-12-18-7-6-15(2)11-20(18)21(19)13-17;1-14-4-3-5-16(10-14)17-8-9-20-19(12-17)13-18-7-6-15(2)11-21(18)20;;;;;;/h3-6,8-11H,12H2,1-2H3;3-5,8-12H,13H2,1-2H3;3,5-9,11-12H,13H2,1-2H3;2*3-4,6-11H,12H2,1-2H3;3-4,6-7,9-12H,13H2,1-2H3;;;;;;/q6*-2;;;;;;. The first kappa shape index (κ1) is 102. The van der Waals surface area contributed by atoms with Crippen LogP contribution in [0.5, 0.6) is 0 Å². The quantitative estimate of drug-likeness (QED) is 0.146. The summed E-state index contributed by atoms with van der Waals surface area (Å²) in [6.45, 7) is 25.6. The van der Waals surface area contributed by atoms with Gasteiger partial charge < -0.3 is 0 Å². The van der Waals surface area contributed by atoms with E-state index in [4.69, 9.17) is 0 Å². The summed E-state index contributed by atoms with van der Waals surface area (Å²) in [6.07, 6.45) is 6.11. The van der Waals surface area contributed by atoms with Crippen LogP contribution in [0.15, 0.2) is 291 Å². The fourth-order valence-corrected chi connectivity index (χ4v) is 18.8. The van der Waals surface area contributed by atoms with E-state index < -0.39 is 0 Å². The van der Waals surface area contributed by atoms with Gasteiger partial charge in [0.05, 0.1) is 0 Å². The van der Waals surface area contributed by atoms with E-state index in [2.05, 4.69) is 405 Å². The van der Waals surface area contributed by atoms with Gasteiger partial charge in [-0.1, -0.05) is 229 Å². The van der Waals surface area contributed by atoms with Gasteiger partial charge in [-0.05, 0) is 108 Å². The minimum absolute atomic E-state index is 0. The van der Waals surface area contributed by atoms with Gasteiger partial charge in [0.15, 0.2) is 0 Å². The van der Waals surface area contributed by atoms with Gasteiger partial charge in [0.1, 0.15) is 0 Å². The molecule has 0 atom stereocenters. The van der Waals surface area contributed by atoms with Gasteiger partial charge in [0.2, 0.25) is 0 Å². The molecule has 0 amide bonds. The van der Waals surface area contributed by atoms with Crippen LogP contribution in [0.2, 0.25) is 0 Å². The molecule has 0 aliphatic heterocycles. The Morgan fingerprint density at radius 1 is 0.152 bits per heavy atom. The molecule has 0 saturated heterocycles. The largest absolute Gasteiger partial charge is 0.226 e. The Kier molecular flexibility index (Phi) is 35.0. The Balaban J connectivity index is 0.000000133. The van der Waals surface area contributed by atoms with E-state index in [-0.39, 0.29) is 196 Å². The number of benzene rings is 18. The van der Waals surface area contributed by atoms with Crippen molar-refractivity contribution in [1.29, 1.82) is 0 Å². The van der Waals surface area contributed by atoms with Crippen LogP contribution in [0, 0.1) is 156 Å². The smallest absolute Gasteiger partial charge is 0 e. The summed E-state index contributed by atoms with van der Waals surface area (Å²) >= 11 is 0. The summed E-state index contributed by atoms with van der Waals surface area (Å²) in [4.78, 5) is 0. The van der Waals surface area contributed by atoms with Gasteiger partial charge >= 0.3 is 0 Å². The molecular weight excluding hydrogens is 2050 g/mol. The second kappa shape index (κ2) is 45.2. The Hall–Kier alpha value is -7.42. The van der Waals surface area contributed by atoms with E-state index in [1.165, 1.54) is 211 Å². The van der Waals surface area contributed by atoms with Crippen molar-refractivity contribution in [3.63, 3.8) is 0 Å². The van der Waals surface area contributed by atoms with Crippen molar-refractivity contribution in [2.75, 3.05) is 0 Å². The zero-order valence-electron chi connectivity index (χ0n) is 77.4. The Morgan fingerprint density at radius 2 is 0.439 bits per heavy atom. The van der Waals surface area contributed by atoms with Crippen LogP contribution in [0.4, 0.5) is 0 Å². The van der Waals surface area contributed by atoms with E-state index in [0.717, 1.165) is 94.2 Å². The summed E-state index contributed by atoms with van der Waals surface area (Å²) in [5.74, 6) is 0. The van der Waals surface area contributed by atoms with Crippen LogP contribution in [0.3, 0.4) is 0 Å². The van der Waals surface area contributed by atoms with Crippen molar-refractivity contribution in [3.05, 3.63) is 498 Å². The summed E-state index contributed by atoms with van der Waals surface area (Å²) < 4.78 is 0. The van der Waals surface area contributed by atoms with Gasteiger partial charge in [-0.15, -0.1) is 150 Å². The molecule has 6 aliphatic rings. The molecule has 0 fully saturated rings. The first-order valence-electron chi connectivity index (χ1n) is 44.1. The maximum absolute atomic E-state index is 3.62. The van der Waals surface area contributed by atoms with Crippen LogP contribution in [0.25, 0.3) is 134 Å². The minimum Gasteiger partial charge on any atom is -0.226 e. The van der Waals surface area contributed by atoms with Crippen molar-refractivity contribution in [2.24, 2.45) is 0 Å². The monoisotopic (exact) mass is 2140 g/mol. The maximum Gasteiger partial charge on any atom is 0 e. The molecule has 0 aromatic heterocycles. The second-order valence-electron chi connectivity index (χ2n) is 35.3. The zero-order chi connectivity index (χ0) is 86.4. The zero-order valence-corrected chi connectivity index (χ0v) is 94.4. The van der Waals surface area contributed by atoms with E-state index in [1.807, 2.05) is 42.5 Å². The van der Waals surface area contributed by atoms with E-state index in [0.29, 0.717) is 0 Å². The number of aryl methyl sites for hydroxylation is 12. The molecule has 0 unspecified atom stereocenters. The minimum atomic E-state index is 0. The Bertz CT molecular complexity index is 7270. The first-order valence-corrected chi connectivity index (χ1v) is 44.1. The predicted octanol–water partition coefficient (Wildman–Crippen LogP) is 30.8. The summed E-state index contributed by atoms with van der Waals surface area (Å²) in [6, 6.07) is 145. The number of hydrogen-bond donors (Lipinski definition) is 0. The van der Waals surface area contributed by atoms with Crippen LogP contribution in [-0.4, -0.2) is 0 Å². The molecule has 0 N–H and O–H groups in total. The van der Waals surface area contributed by atoms with Crippen molar-refractivity contribution >= 4 is 0 Å². The molecule has 6 aliphatic carbocycles. The summed E-state index contributed by atoms with van der Waals surface area (Å²) in [5.41, 5.74) is 62.0. The average Bonchev–Trinajstić information content (AvgIpc) is 1.61. The first-order chi connectivity index (χ1) is 61.3. The van der Waals surface area contributed by atoms with Crippen molar-refractivity contribution in [3.8, 4) is 134 Å². The van der Waals surface area contributed by atoms with E-state index >= 15 is 0 Å². The number of hydrogen-bond acceptors (Lipinski definition) is 0. The molecule has 6 radical (unpaired) electrons. The average molecular weight is 2140 g/mol. The third kappa shape index (κ3) is 22.7. The van der Waals surface area contributed by atoms with Crippen LogP contribution >= 0.6 is 0 Å². The molecule has 630 valence electrons. The van der Waals surface area contributed by atoms with Crippen LogP contribution in [0.1, 0.15) is 134 Å². The summed E-state index contributed by atoms with van der Waals surface area (Å²) in [5, 5.41) is 0. The van der Waals surface area contributed by atoms with E-state index in [9.17, 15) is 0 Å². The fraction of sp³-hybridized carbons (Fsp3) is 0.143. The molecule has 0 spiro atoms. The number of fused-ring (bicyclic) bond motifs is 18. The third-order valence-corrected chi connectivity index (χ3v) is 25.3. The van der Waals surface area contributed by atoms with Gasteiger partial charge in [-0.2, -0.15) is 216 Å². The van der Waals surface area contributed by atoms with Crippen molar-refractivity contribution in [1.82, 2.24) is 0 Å². The van der Waals surface area contributed by atoms with Gasteiger partial charge in [0.25, 0.3) is 0 Å². The SMILES string of the molecule is Cc1c[c-]c(-c2[c-]c3c(cc2)Cc2cc(C)ccc2-3)cc1.Cc1c[c-]c(-c2[c-]ccc3c2Cc2cc(C)ccc2-3)cc1.Cc1cc[c-]c(-c2[c-]c3c(cc2)Cc2cc(C)ccc2-3)c1.Cc1cc[c-]c(-c2[c-]c3c(cc2)Cc2ccc(C)cc2-3)c1.Cc1cc[c-]c(-c2[c-]cc3c(c2)Cc2ccc(C)cc2-3)c1.Cc1cc[c-]c(-c2[c-]ccc3c2Cc2cc(C)ccc2-3)c1.[Y].[Y].[Y].[Y].[Y].[Y]. The second-order valence-corrected chi connectivity index (χ2v) is 35.3. The predicted molar refractivity (Wildman–Crippen MR) is 524 cm³/mol. The summed E-state index contributed by atoms with van der Waals surface area (Å²) in [7, 11) is 0. The fourth-order valence-electron chi connectivity index (χ4n) is 18.8. The molecule has 0 bridgehead atoms. The molecule has 24 rings (SSSR count). The Morgan fingerprint density at radius 3 is 0.879 bits per heavy atom. The van der Waals surface area contributed by atoms with Crippen molar-refractivity contribution in [2.45, 2.75) is 122 Å². The molecule has 0 heterocycles. The van der Waals surface area contributed by atoms with Crippen LogP contribution in [-0.2, 0) is 235 Å². The molecule has 18 aromatic rings. The van der Waals surface area contributed by atoms with Crippen LogP contribution < -0.4 is 0 Å². The maximum atomic E-state index is 3.62. The third-order valence-electron chi connectivity index (χ3n) is 25.3. The van der Waals surface area contributed by atoms with Gasteiger partial charge in [-0.25, -0.2) is 50.1 Å². The van der Waals surface area contributed by atoms with Crippen molar-refractivity contribution < 1.29 is 196 Å². The molecule has 18 aromatic carbocycles. The van der Waals surface area contributed by atoms with Gasteiger partial charge in [0, 0.05) is 196 Å². The molecule has 6 heteroatoms. The molecule has 0 nitrogen and oxygen atoms in total. The molecule has 132 heavy (non-hydrogen) atoms.